The molecule has 0 aromatic carbocycles. The average Bonchev–Trinajstić information content (AvgIpc) is 2.18. The standard InChI is InChI=1S/C10H13ClN2O2/c1-13(7-9(11)10(14)15)6-8-2-4-12-5-3-8/h2-5,9H,6-7H2,1H3,(H,14,15). The Balaban J connectivity index is 2.43. The second-order valence-corrected chi connectivity index (χ2v) is 3.88. The highest BCUT2D eigenvalue weighted by molar-refractivity contribution is 6.29. The highest BCUT2D eigenvalue weighted by Gasteiger charge is 2.15. The van der Waals surface area contributed by atoms with Gasteiger partial charge in [-0.05, 0) is 24.7 Å². The lowest BCUT2D eigenvalue weighted by atomic mass is 10.2. The molecule has 82 valence electrons. The summed E-state index contributed by atoms with van der Waals surface area (Å²) >= 11 is 5.62. The molecule has 1 N–H and O–H groups in total. The highest BCUT2D eigenvalue weighted by atomic mass is 35.5. The molecule has 1 unspecified atom stereocenters. The van der Waals surface area contributed by atoms with Gasteiger partial charge in [-0.1, -0.05) is 0 Å². The van der Waals surface area contributed by atoms with E-state index in [1.807, 2.05) is 24.1 Å². The minimum absolute atomic E-state index is 0.319. The van der Waals surface area contributed by atoms with Crippen molar-refractivity contribution in [3.8, 4) is 0 Å². The maximum absolute atomic E-state index is 10.5. The first-order chi connectivity index (χ1) is 7.09. The maximum atomic E-state index is 10.5. The van der Waals surface area contributed by atoms with E-state index in [1.54, 1.807) is 12.4 Å². The normalized spacial score (nSPS) is 12.7. The molecule has 0 bridgehead atoms. The lowest BCUT2D eigenvalue weighted by Crippen LogP contribution is -2.30. The summed E-state index contributed by atoms with van der Waals surface area (Å²) in [5.41, 5.74) is 1.08. The third-order valence-corrected chi connectivity index (χ3v) is 2.27. The molecule has 1 rings (SSSR count). The number of nitrogens with zero attached hydrogens (tertiary/aromatic N) is 2. The smallest absolute Gasteiger partial charge is 0.322 e. The molecule has 0 saturated heterocycles. The molecule has 1 atom stereocenters. The fraction of sp³-hybridized carbons (Fsp3) is 0.400. The number of aliphatic carboxylic acids is 1. The molecule has 0 saturated carbocycles. The summed E-state index contributed by atoms with van der Waals surface area (Å²) in [7, 11) is 1.83. The molecule has 1 aromatic rings. The van der Waals surface area contributed by atoms with E-state index in [0.29, 0.717) is 13.1 Å². The molecule has 0 radical (unpaired) electrons. The monoisotopic (exact) mass is 228 g/mol. The SMILES string of the molecule is CN(Cc1ccncc1)CC(Cl)C(=O)O. The van der Waals surface area contributed by atoms with Crippen molar-refractivity contribution in [3.63, 3.8) is 0 Å². The Bertz CT molecular complexity index is 318. The molecule has 0 spiro atoms. The van der Waals surface area contributed by atoms with Crippen molar-refractivity contribution in [1.82, 2.24) is 9.88 Å². The van der Waals surface area contributed by atoms with Crippen LogP contribution >= 0.6 is 11.6 Å². The molecule has 15 heavy (non-hydrogen) atoms. The van der Waals surface area contributed by atoms with Gasteiger partial charge in [0.15, 0.2) is 0 Å². The van der Waals surface area contributed by atoms with Crippen molar-refractivity contribution >= 4 is 17.6 Å². The Labute approximate surface area is 93.5 Å². The van der Waals surface area contributed by atoms with Crippen LogP contribution < -0.4 is 0 Å². The zero-order valence-electron chi connectivity index (χ0n) is 8.43. The van der Waals surface area contributed by atoms with Crippen LogP contribution in [0.5, 0.6) is 0 Å². The molecule has 5 heteroatoms. The van der Waals surface area contributed by atoms with Crippen LogP contribution in [0.2, 0.25) is 0 Å². The average molecular weight is 229 g/mol. The Morgan fingerprint density at radius 2 is 2.20 bits per heavy atom. The molecule has 0 aliphatic carbocycles. The fourth-order valence-corrected chi connectivity index (χ4v) is 1.45. The maximum Gasteiger partial charge on any atom is 0.322 e. The summed E-state index contributed by atoms with van der Waals surface area (Å²) in [5.74, 6) is -0.988. The number of alkyl halides is 1. The number of halogens is 1. The topological polar surface area (TPSA) is 53.4 Å². The van der Waals surface area contributed by atoms with Gasteiger partial charge in [0.05, 0.1) is 0 Å². The Hall–Kier alpha value is -1.13. The zero-order chi connectivity index (χ0) is 11.3. The Morgan fingerprint density at radius 1 is 1.60 bits per heavy atom. The number of carbonyl (C=O) groups is 1. The van der Waals surface area contributed by atoms with Crippen LogP contribution in [0.1, 0.15) is 5.56 Å². The molecule has 0 aliphatic rings. The number of rotatable bonds is 5. The van der Waals surface area contributed by atoms with Gasteiger partial charge in [0.2, 0.25) is 0 Å². The van der Waals surface area contributed by atoms with Crippen LogP contribution in [-0.2, 0) is 11.3 Å². The van der Waals surface area contributed by atoms with E-state index < -0.39 is 11.3 Å². The van der Waals surface area contributed by atoms with Crippen LogP contribution in [0.25, 0.3) is 0 Å². The summed E-state index contributed by atoms with van der Waals surface area (Å²) in [6.45, 7) is 0.984. The van der Waals surface area contributed by atoms with E-state index in [1.165, 1.54) is 0 Å². The molecular weight excluding hydrogens is 216 g/mol. The van der Waals surface area contributed by atoms with Gasteiger partial charge in [-0.25, -0.2) is 0 Å². The number of aromatic nitrogens is 1. The van der Waals surface area contributed by atoms with E-state index in [0.717, 1.165) is 5.56 Å². The van der Waals surface area contributed by atoms with E-state index in [-0.39, 0.29) is 0 Å². The summed E-state index contributed by atoms with van der Waals surface area (Å²) < 4.78 is 0. The van der Waals surface area contributed by atoms with Gasteiger partial charge in [-0.15, -0.1) is 11.6 Å². The highest BCUT2D eigenvalue weighted by Crippen LogP contribution is 2.04. The number of carboxylic acids is 1. The van der Waals surface area contributed by atoms with Crippen LogP contribution in [0, 0.1) is 0 Å². The second-order valence-electron chi connectivity index (χ2n) is 3.36. The van der Waals surface area contributed by atoms with Crippen LogP contribution in [0.3, 0.4) is 0 Å². The first kappa shape index (κ1) is 11.9. The predicted octanol–water partition coefficient (Wildman–Crippen LogP) is 1.21. The molecule has 4 nitrogen and oxygen atoms in total. The Morgan fingerprint density at radius 3 is 2.73 bits per heavy atom. The van der Waals surface area contributed by atoms with Gasteiger partial charge < -0.3 is 10.0 Å². The molecule has 1 aromatic heterocycles. The molecule has 0 aliphatic heterocycles. The van der Waals surface area contributed by atoms with Crippen molar-refractivity contribution in [2.45, 2.75) is 11.9 Å². The minimum Gasteiger partial charge on any atom is -0.480 e. The summed E-state index contributed by atoms with van der Waals surface area (Å²) in [6, 6.07) is 3.78. The number of hydrogen-bond acceptors (Lipinski definition) is 3. The van der Waals surface area contributed by atoms with Crippen LogP contribution in [0.4, 0.5) is 0 Å². The van der Waals surface area contributed by atoms with E-state index in [4.69, 9.17) is 16.7 Å². The van der Waals surface area contributed by atoms with E-state index >= 15 is 0 Å². The van der Waals surface area contributed by atoms with Crippen LogP contribution in [0.15, 0.2) is 24.5 Å². The predicted molar refractivity (Wildman–Crippen MR) is 57.8 cm³/mol. The summed E-state index contributed by atoms with van der Waals surface area (Å²) in [6.07, 6.45) is 3.41. The van der Waals surface area contributed by atoms with Gasteiger partial charge >= 0.3 is 5.97 Å². The van der Waals surface area contributed by atoms with Gasteiger partial charge in [0, 0.05) is 25.5 Å². The van der Waals surface area contributed by atoms with Gasteiger partial charge in [0.25, 0.3) is 0 Å². The first-order valence-electron chi connectivity index (χ1n) is 4.54. The molecule has 0 amide bonds. The summed E-state index contributed by atoms with van der Waals surface area (Å²) in [4.78, 5) is 16.3. The molecular formula is C10H13ClN2O2. The van der Waals surface area contributed by atoms with Crippen LogP contribution in [-0.4, -0.2) is 39.9 Å². The third kappa shape index (κ3) is 4.27. The van der Waals surface area contributed by atoms with Crippen molar-refractivity contribution in [2.24, 2.45) is 0 Å². The second kappa shape index (κ2) is 5.68. The van der Waals surface area contributed by atoms with Gasteiger partial charge in [0.1, 0.15) is 5.38 Å². The number of carboxylic acid groups (broad SMARTS) is 1. The van der Waals surface area contributed by atoms with Gasteiger partial charge in [-0.2, -0.15) is 0 Å². The zero-order valence-corrected chi connectivity index (χ0v) is 9.18. The minimum atomic E-state index is -0.988. The first-order valence-corrected chi connectivity index (χ1v) is 4.97. The number of hydrogen-bond donors (Lipinski definition) is 1. The fourth-order valence-electron chi connectivity index (χ4n) is 1.22. The van der Waals surface area contributed by atoms with E-state index in [9.17, 15) is 4.79 Å². The third-order valence-electron chi connectivity index (χ3n) is 1.94. The van der Waals surface area contributed by atoms with Crippen molar-refractivity contribution in [1.29, 1.82) is 0 Å². The quantitative estimate of drug-likeness (QED) is 0.770. The largest absolute Gasteiger partial charge is 0.480 e. The van der Waals surface area contributed by atoms with Crippen molar-refractivity contribution in [3.05, 3.63) is 30.1 Å². The Kier molecular flexibility index (Phi) is 4.52. The summed E-state index contributed by atoms with van der Waals surface area (Å²) in [5, 5.41) is 7.76. The van der Waals surface area contributed by atoms with E-state index in [2.05, 4.69) is 4.98 Å². The van der Waals surface area contributed by atoms with Crippen molar-refractivity contribution < 1.29 is 9.90 Å². The lowest BCUT2D eigenvalue weighted by molar-refractivity contribution is -0.136. The number of pyridine rings is 1. The van der Waals surface area contributed by atoms with Crippen molar-refractivity contribution in [2.75, 3.05) is 13.6 Å². The lowest BCUT2D eigenvalue weighted by Gasteiger charge is -2.17. The molecule has 0 fully saturated rings. The van der Waals surface area contributed by atoms with Gasteiger partial charge in [-0.3, -0.25) is 9.78 Å². The molecule has 1 heterocycles.